The molecule has 0 heterocycles. The summed E-state index contributed by atoms with van der Waals surface area (Å²) in [7, 11) is 0. The van der Waals surface area contributed by atoms with Gasteiger partial charge < -0.3 is 11.1 Å². The maximum absolute atomic E-state index is 5.92. The van der Waals surface area contributed by atoms with Gasteiger partial charge in [0.15, 0.2) is 0 Å². The largest absolute Gasteiger partial charge is 0.397 e. The standard InChI is InChI=1S/C12H18N2/c1-8-3-4-12(11(13)7-8)14-10-5-9(2)6-10/h3-4,7,9-10,14H,5-6,13H2,1-2H3. The number of nitrogen functional groups attached to an aromatic ring is 1. The molecule has 0 aliphatic heterocycles. The number of aryl methyl sites for hydroxylation is 1. The fourth-order valence-corrected chi connectivity index (χ4v) is 2.05. The zero-order valence-corrected chi connectivity index (χ0v) is 8.88. The maximum Gasteiger partial charge on any atom is 0.0576 e. The van der Waals surface area contributed by atoms with Gasteiger partial charge in [0.05, 0.1) is 11.4 Å². The summed E-state index contributed by atoms with van der Waals surface area (Å²) >= 11 is 0. The third-order valence-corrected chi connectivity index (χ3v) is 2.94. The highest BCUT2D eigenvalue weighted by atomic mass is 14.9. The molecule has 2 nitrogen and oxygen atoms in total. The van der Waals surface area contributed by atoms with E-state index in [1.807, 2.05) is 6.07 Å². The summed E-state index contributed by atoms with van der Waals surface area (Å²) < 4.78 is 0. The Hall–Kier alpha value is -1.18. The number of hydrogen-bond donors (Lipinski definition) is 2. The minimum atomic E-state index is 0.634. The molecule has 0 amide bonds. The predicted molar refractivity (Wildman–Crippen MR) is 61.4 cm³/mol. The fraction of sp³-hybridized carbons (Fsp3) is 0.500. The molecule has 1 aliphatic rings. The van der Waals surface area contributed by atoms with Gasteiger partial charge in [-0.2, -0.15) is 0 Å². The van der Waals surface area contributed by atoms with Gasteiger partial charge in [0.25, 0.3) is 0 Å². The highest BCUT2D eigenvalue weighted by Gasteiger charge is 2.25. The Balaban J connectivity index is 2.02. The van der Waals surface area contributed by atoms with Crippen molar-refractivity contribution in [2.24, 2.45) is 5.92 Å². The van der Waals surface area contributed by atoms with E-state index in [2.05, 4.69) is 31.3 Å². The Labute approximate surface area is 85.5 Å². The summed E-state index contributed by atoms with van der Waals surface area (Å²) in [5.41, 5.74) is 9.09. The van der Waals surface area contributed by atoms with Gasteiger partial charge in [0.2, 0.25) is 0 Å². The van der Waals surface area contributed by atoms with Crippen LogP contribution in [0.1, 0.15) is 25.3 Å². The van der Waals surface area contributed by atoms with E-state index < -0.39 is 0 Å². The monoisotopic (exact) mass is 190 g/mol. The molecule has 76 valence electrons. The molecule has 0 unspecified atom stereocenters. The second kappa shape index (κ2) is 3.52. The molecule has 1 fully saturated rings. The minimum Gasteiger partial charge on any atom is -0.397 e. The molecule has 0 atom stereocenters. The van der Waals surface area contributed by atoms with Gasteiger partial charge in [-0.05, 0) is 43.4 Å². The zero-order chi connectivity index (χ0) is 10.1. The fourth-order valence-electron chi connectivity index (χ4n) is 2.05. The van der Waals surface area contributed by atoms with E-state index in [1.165, 1.54) is 18.4 Å². The van der Waals surface area contributed by atoms with Crippen LogP contribution >= 0.6 is 0 Å². The van der Waals surface area contributed by atoms with Gasteiger partial charge in [-0.1, -0.05) is 13.0 Å². The third kappa shape index (κ3) is 1.84. The average molecular weight is 190 g/mol. The Bertz CT molecular complexity index is 327. The summed E-state index contributed by atoms with van der Waals surface area (Å²) in [5.74, 6) is 0.874. The van der Waals surface area contributed by atoms with Crippen molar-refractivity contribution in [3.63, 3.8) is 0 Å². The molecule has 0 aromatic heterocycles. The number of nitrogens with one attached hydrogen (secondary N) is 1. The molecule has 3 N–H and O–H groups in total. The SMILES string of the molecule is Cc1ccc(NC2CC(C)C2)c(N)c1. The van der Waals surface area contributed by atoms with Crippen molar-refractivity contribution in [3.05, 3.63) is 23.8 Å². The average Bonchev–Trinajstić information content (AvgIpc) is 2.06. The van der Waals surface area contributed by atoms with Gasteiger partial charge in [-0.25, -0.2) is 0 Å². The lowest BCUT2D eigenvalue weighted by molar-refractivity contribution is 0.309. The summed E-state index contributed by atoms with van der Waals surface area (Å²) in [6.07, 6.45) is 2.54. The summed E-state index contributed by atoms with van der Waals surface area (Å²) in [6.45, 7) is 4.35. The molecule has 0 radical (unpaired) electrons. The van der Waals surface area contributed by atoms with Gasteiger partial charge in [0.1, 0.15) is 0 Å². The van der Waals surface area contributed by atoms with Crippen molar-refractivity contribution >= 4 is 11.4 Å². The van der Waals surface area contributed by atoms with Crippen LogP contribution in [-0.2, 0) is 0 Å². The number of hydrogen-bond acceptors (Lipinski definition) is 2. The van der Waals surface area contributed by atoms with Crippen LogP contribution in [0.4, 0.5) is 11.4 Å². The highest BCUT2D eigenvalue weighted by molar-refractivity contribution is 5.67. The lowest BCUT2D eigenvalue weighted by Gasteiger charge is -2.34. The highest BCUT2D eigenvalue weighted by Crippen LogP contribution is 2.31. The van der Waals surface area contributed by atoms with Gasteiger partial charge in [-0.3, -0.25) is 0 Å². The molecule has 1 aromatic rings. The molecular formula is C12H18N2. The van der Waals surface area contributed by atoms with E-state index in [9.17, 15) is 0 Å². The van der Waals surface area contributed by atoms with Crippen LogP contribution in [0, 0.1) is 12.8 Å². The maximum atomic E-state index is 5.92. The first-order valence-corrected chi connectivity index (χ1v) is 5.28. The van der Waals surface area contributed by atoms with Crippen molar-refractivity contribution in [1.29, 1.82) is 0 Å². The van der Waals surface area contributed by atoms with E-state index in [4.69, 9.17) is 5.73 Å². The van der Waals surface area contributed by atoms with E-state index >= 15 is 0 Å². The first-order valence-electron chi connectivity index (χ1n) is 5.28. The van der Waals surface area contributed by atoms with Crippen LogP contribution in [-0.4, -0.2) is 6.04 Å². The van der Waals surface area contributed by atoms with Crippen molar-refractivity contribution in [3.8, 4) is 0 Å². The molecule has 14 heavy (non-hydrogen) atoms. The van der Waals surface area contributed by atoms with E-state index in [-0.39, 0.29) is 0 Å². The van der Waals surface area contributed by atoms with Crippen molar-refractivity contribution < 1.29 is 0 Å². The van der Waals surface area contributed by atoms with Crippen LogP contribution in [0.5, 0.6) is 0 Å². The van der Waals surface area contributed by atoms with Crippen LogP contribution in [0.25, 0.3) is 0 Å². The summed E-state index contributed by atoms with van der Waals surface area (Å²) in [4.78, 5) is 0. The van der Waals surface area contributed by atoms with Crippen molar-refractivity contribution in [1.82, 2.24) is 0 Å². The lowest BCUT2D eigenvalue weighted by Crippen LogP contribution is -2.33. The number of anilines is 2. The molecular weight excluding hydrogens is 172 g/mol. The van der Waals surface area contributed by atoms with Crippen LogP contribution in [0.3, 0.4) is 0 Å². The predicted octanol–water partition coefficient (Wildman–Crippen LogP) is 2.79. The molecule has 1 aliphatic carbocycles. The van der Waals surface area contributed by atoms with Gasteiger partial charge >= 0.3 is 0 Å². The van der Waals surface area contributed by atoms with Crippen molar-refractivity contribution in [2.45, 2.75) is 32.7 Å². The van der Waals surface area contributed by atoms with Crippen LogP contribution in [0.2, 0.25) is 0 Å². The molecule has 0 saturated heterocycles. The van der Waals surface area contributed by atoms with Gasteiger partial charge in [-0.15, -0.1) is 0 Å². The lowest BCUT2D eigenvalue weighted by atomic mass is 9.82. The summed E-state index contributed by atoms with van der Waals surface area (Å²) in [6, 6.07) is 6.83. The minimum absolute atomic E-state index is 0.634. The van der Waals surface area contributed by atoms with E-state index in [0.717, 1.165) is 17.3 Å². The Morgan fingerprint density at radius 3 is 2.64 bits per heavy atom. The number of rotatable bonds is 2. The number of benzene rings is 1. The molecule has 0 bridgehead atoms. The zero-order valence-electron chi connectivity index (χ0n) is 8.88. The normalized spacial score (nSPS) is 25.6. The number of nitrogens with two attached hydrogens (primary N) is 1. The first kappa shape index (κ1) is 9.38. The van der Waals surface area contributed by atoms with E-state index in [1.54, 1.807) is 0 Å². The Kier molecular flexibility index (Phi) is 2.36. The second-order valence-electron chi connectivity index (χ2n) is 4.51. The molecule has 1 saturated carbocycles. The molecule has 1 aromatic carbocycles. The van der Waals surface area contributed by atoms with E-state index in [0.29, 0.717) is 6.04 Å². The molecule has 0 spiro atoms. The van der Waals surface area contributed by atoms with Crippen LogP contribution in [0.15, 0.2) is 18.2 Å². The third-order valence-electron chi connectivity index (χ3n) is 2.94. The van der Waals surface area contributed by atoms with Crippen LogP contribution < -0.4 is 11.1 Å². The quantitative estimate of drug-likeness (QED) is 0.704. The topological polar surface area (TPSA) is 38.0 Å². The first-order chi connectivity index (χ1) is 6.65. The molecule has 2 rings (SSSR count). The summed E-state index contributed by atoms with van der Waals surface area (Å²) in [5, 5.41) is 3.48. The smallest absolute Gasteiger partial charge is 0.0576 e. The second-order valence-corrected chi connectivity index (χ2v) is 4.51. The van der Waals surface area contributed by atoms with Crippen molar-refractivity contribution in [2.75, 3.05) is 11.1 Å². The Morgan fingerprint density at radius 1 is 1.36 bits per heavy atom. The van der Waals surface area contributed by atoms with Gasteiger partial charge in [0, 0.05) is 6.04 Å². The Morgan fingerprint density at radius 2 is 2.07 bits per heavy atom. The molecule has 2 heteroatoms.